The minimum absolute atomic E-state index is 0.0866. The van der Waals surface area contributed by atoms with Crippen LogP contribution in [0.2, 0.25) is 0 Å². The molecule has 0 radical (unpaired) electrons. The molecule has 0 saturated heterocycles. The molecule has 5 nitrogen and oxygen atoms in total. The van der Waals surface area contributed by atoms with E-state index in [1.807, 2.05) is 0 Å². The van der Waals surface area contributed by atoms with Crippen molar-refractivity contribution < 1.29 is 18.3 Å². The van der Waals surface area contributed by atoms with Crippen molar-refractivity contribution >= 4 is 17.2 Å². The quantitative estimate of drug-likeness (QED) is 0.628. The minimum atomic E-state index is -2.06. The Hall–Kier alpha value is -0.620. The molecule has 1 fully saturated rings. The number of amides is 1. The van der Waals surface area contributed by atoms with Gasteiger partial charge in [-0.05, 0) is 30.3 Å². The highest BCUT2D eigenvalue weighted by molar-refractivity contribution is 7.81. The summed E-state index contributed by atoms with van der Waals surface area (Å²) in [7, 11) is 0. The molecule has 1 atom stereocenters. The zero-order valence-electron chi connectivity index (χ0n) is 6.45. The van der Waals surface area contributed by atoms with E-state index in [0.29, 0.717) is 19.3 Å². The van der Waals surface area contributed by atoms with E-state index in [1.54, 1.807) is 0 Å². The number of carbonyl (C=O) groups excluding carboxylic acids is 1. The Kier molecular flexibility index (Phi) is 2.69. The first-order valence-electron chi connectivity index (χ1n) is 3.58. The summed E-state index contributed by atoms with van der Waals surface area (Å²) in [6.07, 6.45) is 0.810. The van der Waals surface area contributed by atoms with Crippen LogP contribution in [-0.4, -0.2) is 26.2 Å². The Labute approximate surface area is 72.6 Å². The Morgan fingerprint density at radius 2 is 2.25 bits per heavy atom. The smallest absolute Gasteiger partial charge is 0.404 e. The summed E-state index contributed by atoms with van der Waals surface area (Å²) in [5.41, 5.74) is 4.70. The lowest BCUT2D eigenvalue weighted by Crippen LogP contribution is -2.21. The van der Waals surface area contributed by atoms with Crippen LogP contribution in [0.1, 0.15) is 19.3 Å². The maximum absolute atomic E-state index is 10.6. The molecular formula is C6H10NO4S-. The monoisotopic (exact) mass is 192 g/mol. The molecule has 12 heavy (non-hydrogen) atoms. The molecular weight excluding hydrogens is 182 g/mol. The first kappa shape index (κ1) is 9.47. The lowest BCUT2D eigenvalue weighted by Gasteiger charge is -2.17. The van der Waals surface area contributed by atoms with E-state index in [4.69, 9.17) is 5.73 Å². The maximum atomic E-state index is 10.6. The lowest BCUT2D eigenvalue weighted by molar-refractivity contribution is 0.154. The molecule has 1 aliphatic carbocycles. The number of hydrogen-bond acceptors (Lipinski definition) is 4. The van der Waals surface area contributed by atoms with Crippen molar-refractivity contribution in [1.29, 1.82) is 0 Å². The molecule has 0 aromatic heterocycles. The summed E-state index contributed by atoms with van der Waals surface area (Å²) in [4.78, 5) is 10.1. The van der Waals surface area contributed by atoms with Crippen molar-refractivity contribution in [2.45, 2.75) is 24.0 Å². The first-order chi connectivity index (χ1) is 5.57. The molecule has 0 aromatic carbocycles. The van der Waals surface area contributed by atoms with Gasteiger partial charge in [-0.3, -0.25) is 4.21 Å². The molecule has 1 rings (SSSR count). The van der Waals surface area contributed by atoms with Gasteiger partial charge in [-0.1, -0.05) is 0 Å². The van der Waals surface area contributed by atoms with Gasteiger partial charge in [0.15, 0.2) is 0 Å². The fourth-order valence-corrected chi connectivity index (χ4v) is 1.66. The van der Waals surface area contributed by atoms with E-state index >= 15 is 0 Å². The second-order valence-corrected chi connectivity index (χ2v) is 4.17. The fraction of sp³-hybridized carbons (Fsp3) is 0.833. The molecule has 0 bridgehead atoms. The van der Waals surface area contributed by atoms with E-state index in [0.717, 1.165) is 0 Å². The van der Waals surface area contributed by atoms with E-state index in [1.165, 1.54) is 0 Å². The van der Waals surface area contributed by atoms with Crippen molar-refractivity contribution in [3.05, 3.63) is 0 Å². The normalized spacial score (nSPS) is 21.4. The minimum Gasteiger partial charge on any atom is -0.772 e. The van der Waals surface area contributed by atoms with Crippen molar-refractivity contribution in [2.75, 3.05) is 6.61 Å². The van der Waals surface area contributed by atoms with Gasteiger partial charge in [-0.25, -0.2) is 4.79 Å². The zero-order chi connectivity index (χ0) is 9.19. The second-order valence-electron chi connectivity index (χ2n) is 2.84. The predicted molar refractivity (Wildman–Crippen MR) is 41.0 cm³/mol. The van der Waals surface area contributed by atoms with Crippen molar-refractivity contribution in [3.8, 4) is 0 Å². The summed E-state index contributed by atoms with van der Waals surface area (Å²) in [6, 6.07) is 0. The molecule has 6 heteroatoms. The summed E-state index contributed by atoms with van der Waals surface area (Å²) < 4.78 is 25.0. The van der Waals surface area contributed by atoms with Gasteiger partial charge < -0.3 is 15.0 Å². The summed E-state index contributed by atoms with van der Waals surface area (Å²) in [5, 5.41) is 0. The largest absolute Gasteiger partial charge is 0.772 e. The van der Waals surface area contributed by atoms with Gasteiger partial charge in [0.1, 0.15) is 0 Å². The first-order valence-corrected chi connectivity index (χ1v) is 4.66. The van der Waals surface area contributed by atoms with Gasteiger partial charge in [0, 0.05) is 4.75 Å². The highest BCUT2D eigenvalue weighted by Crippen LogP contribution is 2.43. The van der Waals surface area contributed by atoms with Crippen LogP contribution in [0.4, 0.5) is 4.79 Å². The third-order valence-corrected chi connectivity index (χ3v) is 3.28. The number of hydrogen-bond donors (Lipinski definition) is 1. The average molecular weight is 192 g/mol. The van der Waals surface area contributed by atoms with Crippen LogP contribution in [0.25, 0.3) is 0 Å². The maximum Gasteiger partial charge on any atom is 0.404 e. The topological polar surface area (TPSA) is 92.5 Å². The number of carbonyl (C=O) groups is 1. The Bertz CT molecular complexity index is 214. The number of rotatable bonds is 4. The zero-order valence-corrected chi connectivity index (χ0v) is 7.26. The van der Waals surface area contributed by atoms with Gasteiger partial charge >= 0.3 is 6.09 Å². The van der Waals surface area contributed by atoms with Gasteiger partial charge in [-0.15, -0.1) is 0 Å². The number of primary amides is 1. The van der Waals surface area contributed by atoms with Crippen molar-refractivity contribution in [2.24, 2.45) is 5.73 Å². The third-order valence-electron chi connectivity index (χ3n) is 1.96. The van der Waals surface area contributed by atoms with E-state index in [2.05, 4.69) is 4.74 Å². The molecule has 70 valence electrons. The van der Waals surface area contributed by atoms with Crippen LogP contribution in [0, 0.1) is 0 Å². The van der Waals surface area contributed by atoms with E-state index in [-0.39, 0.29) is 6.61 Å². The van der Waals surface area contributed by atoms with Crippen LogP contribution < -0.4 is 5.73 Å². The lowest BCUT2D eigenvalue weighted by atomic mass is 10.3. The van der Waals surface area contributed by atoms with Crippen LogP contribution in [-0.2, 0) is 15.8 Å². The van der Waals surface area contributed by atoms with Crippen LogP contribution >= 0.6 is 0 Å². The van der Waals surface area contributed by atoms with Crippen LogP contribution in [0.3, 0.4) is 0 Å². The SMILES string of the molecule is NC(=O)OCCC1(S(=O)[O-])CC1. The molecule has 0 aromatic rings. The van der Waals surface area contributed by atoms with Gasteiger partial charge in [-0.2, -0.15) is 0 Å². The summed E-state index contributed by atoms with van der Waals surface area (Å²) in [6.45, 7) is 0.0866. The summed E-state index contributed by atoms with van der Waals surface area (Å²) in [5.74, 6) is 0. The Morgan fingerprint density at radius 1 is 1.67 bits per heavy atom. The molecule has 0 heterocycles. The molecule has 2 N–H and O–H groups in total. The summed E-state index contributed by atoms with van der Waals surface area (Å²) >= 11 is -2.06. The number of ether oxygens (including phenoxy) is 1. The average Bonchev–Trinajstić information content (AvgIpc) is 2.68. The molecule has 1 saturated carbocycles. The highest BCUT2D eigenvalue weighted by Gasteiger charge is 2.43. The number of nitrogens with two attached hydrogens (primary N) is 1. The van der Waals surface area contributed by atoms with Gasteiger partial charge in [0.05, 0.1) is 6.61 Å². The van der Waals surface area contributed by atoms with Crippen LogP contribution in [0.5, 0.6) is 0 Å². The van der Waals surface area contributed by atoms with Gasteiger partial charge in [0.2, 0.25) is 0 Å². The van der Waals surface area contributed by atoms with Gasteiger partial charge in [0.25, 0.3) is 0 Å². The Balaban J connectivity index is 2.23. The molecule has 0 aliphatic heterocycles. The fourth-order valence-electron chi connectivity index (χ4n) is 0.977. The predicted octanol–water partition coefficient (Wildman–Crippen LogP) is -0.116. The van der Waals surface area contributed by atoms with E-state index < -0.39 is 21.9 Å². The Morgan fingerprint density at radius 3 is 2.58 bits per heavy atom. The molecule has 0 spiro atoms. The van der Waals surface area contributed by atoms with E-state index in [9.17, 15) is 13.6 Å². The molecule has 1 amide bonds. The van der Waals surface area contributed by atoms with Crippen molar-refractivity contribution in [3.63, 3.8) is 0 Å². The second kappa shape index (κ2) is 3.40. The highest BCUT2D eigenvalue weighted by atomic mass is 32.2. The third kappa shape index (κ3) is 2.18. The molecule has 1 aliphatic rings. The van der Waals surface area contributed by atoms with Crippen LogP contribution in [0.15, 0.2) is 0 Å². The standard InChI is InChI=1S/C6H11NO4S/c7-5(8)11-4-3-6(1-2-6)12(9)10/h1-4H2,(H2,7,8)(H,9,10)/p-1. The molecule has 1 unspecified atom stereocenters. The van der Waals surface area contributed by atoms with Crippen molar-refractivity contribution in [1.82, 2.24) is 0 Å².